The second-order valence-corrected chi connectivity index (χ2v) is 23.8. The summed E-state index contributed by atoms with van der Waals surface area (Å²) in [5, 5.41) is 5.38. The van der Waals surface area contributed by atoms with Crippen LogP contribution in [0.4, 0.5) is 34.1 Å². The number of thiophene rings is 2. The molecule has 0 saturated carbocycles. The van der Waals surface area contributed by atoms with Crippen LogP contribution in [0.2, 0.25) is 0 Å². The lowest BCUT2D eigenvalue weighted by Crippen LogP contribution is -2.59. The predicted molar refractivity (Wildman–Crippen MR) is 269 cm³/mol. The van der Waals surface area contributed by atoms with E-state index in [-0.39, 0.29) is 28.4 Å². The van der Waals surface area contributed by atoms with Crippen molar-refractivity contribution in [3.8, 4) is 0 Å². The molecule has 0 atom stereocenters. The molecule has 2 aliphatic carbocycles. The Morgan fingerprint density at radius 2 is 0.885 bits per heavy atom. The van der Waals surface area contributed by atoms with E-state index in [1.54, 1.807) is 0 Å². The zero-order valence-corrected chi connectivity index (χ0v) is 39.1. The quantitative estimate of drug-likeness (QED) is 0.160. The lowest BCUT2D eigenvalue weighted by atomic mass is 9.39. The molecule has 4 aliphatic rings. The molecule has 12 rings (SSSR count). The van der Waals surface area contributed by atoms with Crippen molar-refractivity contribution in [1.29, 1.82) is 0 Å². The van der Waals surface area contributed by atoms with Crippen LogP contribution in [0, 0.1) is 13.8 Å². The van der Waals surface area contributed by atoms with Gasteiger partial charge in [0.25, 0.3) is 6.71 Å². The van der Waals surface area contributed by atoms with E-state index in [9.17, 15) is 0 Å². The number of hydrogen-bond acceptors (Lipinski definition) is 4. The first-order valence-electron chi connectivity index (χ1n) is 22.5. The van der Waals surface area contributed by atoms with E-state index in [0.29, 0.717) is 0 Å². The van der Waals surface area contributed by atoms with Crippen molar-refractivity contribution in [3.63, 3.8) is 0 Å². The monoisotopic (exact) mass is 830 g/mol. The molecule has 6 aromatic carbocycles. The molecule has 0 saturated heterocycles. The summed E-state index contributed by atoms with van der Waals surface area (Å²) in [6.45, 7) is 24.3. The van der Waals surface area contributed by atoms with Gasteiger partial charge in [-0.1, -0.05) is 115 Å². The maximum absolute atomic E-state index is 2.69. The molecule has 0 spiro atoms. The molecule has 5 heteroatoms. The summed E-state index contributed by atoms with van der Waals surface area (Å²) in [6, 6.07) is 40.9. The van der Waals surface area contributed by atoms with E-state index in [0.717, 1.165) is 0 Å². The molecule has 61 heavy (non-hydrogen) atoms. The highest BCUT2D eigenvalue weighted by atomic mass is 32.1. The van der Waals surface area contributed by atoms with Gasteiger partial charge in [0.05, 0.1) is 17.1 Å². The molecule has 2 aliphatic heterocycles. The summed E-state index contributed by atoms with van der Waals surface area (Å²) >= 11 is 4.13. The minimum absolute atomic E-state index is 0.0916. The molecular formula is C56H55BN2S2. The standard InChI is InChI=1S/C56H55BN2S2/c1-32-15-19-35(20-16-32)58-44-27-34-13-11-12-14-37(34)48-47(44)57(51-49(58)38-28-40-42(30-45(38)60-51)55(7,8)25-23-53(40,3)4)52-50(59(48)36-21-17-33(2)18-22-36)39-29-41-43(31-46(39)61-52)56(9,10)26-24-54(41,5)6/h11-22,27-31H,23-26H2,1-10H3. The molecule has 0 bridgehead atoms. The van der Waals surface area contributed by atoms with E-state index in [1.807, 2.05) is 0 Å². The number of benzene rings is 6. The van der Waals surface area contributed by atoms with Gasteiger partial charge in [0.15, 0.2) is 0 Å². The summed E-state index contributed by atoms with van der Waals surface area (Å²) < 4.78 is 5.76. The summed E-state index contributed by atoms with van der Waals surface area (Å²) in [4.78, 5) is 5.35. The van der Waals surface area contributed by atoms with Crippen molar-refractivity contribution >= 4 is 109 Å². The smallest absolute Gasteiger partial charge is 0.277 e. The minimum atomic E-state index is 0.0916. The number of rotatable bonds is 2. The second-order valence-electron chi connectivity index (χ2n) is 21.6. The summed E-state index contributed by atoms with van der Waals surface area (Å²) in [7, 11) is 0. The molecule has 2 nitrogen and oxygen atoms in total. The second kappa shape index (κ2) is 12.4. The average molecular weight is 831 g/mol. The topological polar surface area (TPSA) is 6.48 Å². The molecule has 4 heterocycles. The van der Waals surface area contributed by atoms with Crippen LogP contribution in [0.15, 0.2) is 103 Å². The van der Waals surface area contributed by atoms with E-state index in [1.165, 1.54) is 139 Å². The predicted octanol–water partition coefficient (Wildman–Crippen LogP) is 14.7. The number of anilines is 6. The fraction of sp³-hybridized carbons (Fsp3) is 0.321. The Balaban J connectivity index is 1.26. The Kier molecular flexibility index (Phi) is 7.71. The Labute approximate surface area is 370 Å². The number of nitrogens with zero attached hydrogens (tertiary/aromatic N) is 2. The summed E-state index contributed by atoms with van der Waals surface area (Å²) in [6.07, 6.45) is 4.81. The first kappa shape index (κ1) is 37.9. The Hall–Kier alpha value is -4.84. The number of aryl methyl sites for hydroxylation is 2. The highest BCUT2D eigenvalue weighted by Gasteiger charge is 2.49. The van der Waals surface area contributed by atoms with Crippen LogP contribution in [0.1, 0.15) is 114 Å². The van der Waals surface area contributed by atoms with Gasteiger partial charge in [-0.3, -0.25) is 0 Å². The normalized spacial score (nSPS) is 18.8. The van der Waals surface area contributed by atoms with Gasteiger partial charge in [0.2, 0.25) is 0 Å². The van der Waals surface area contributed by atoms with Crippen molar-refractivity contribution in [2.24, 2.45) is 0 Å². The maximum atomic E-state index is 2.69. The Morgan fingerprint density at radius 3 is 1.38 bits per heavy atom. The van der Waals surface area contributed by atoms with E-state index >= 15 is 0 Å². The molecule has 0 radical (unpaired) electrons. The van der Waals surface area contributed by atoms with Crippen LogP contribution in [0.3, 0.4) is 0 Å². The Morgan fingerprint density at radius 1 is 0.459 bits per heavy atom. The van der Waals surface area contributed by atoms with Gasteiger partial charge < -0.3 is 9.80 Å². The van der Waals surface area contributed by atoms with Crippen LogP contribution in [-0.4, -0.2) is 6.71 Å². The largest absolute Gasteiger partial charge is 0.310 e. The Bertz CT molecular complexity index is 3170. The van der Waals surface area contributed by atoms with Crippen molar-refractivity contribution < 1.29 is 0 Å². The molecule has 0 fully saturated rings. The van der Waals surface area contributed by atoms with Gasteiger partial charge in [-0.15, -0.1) is 22.7 Å². The van der Waals surface area contributed by atoms with E-state index in [2.05, 4.69) is 205 Å². The highest BCUT2D eigenvalue weighted by molar-refractivity contribution is 7.40. The summed E-state index contributed by atoms with van der Waals surface area (Å²) in [5.74, 6) is 0. The van der Waals surface area contributed by atoms with E-state index in [4.69, 9.17) is 0 Å². The van der Waals surface area contributed by atoms with Gasteiger partial charge in [-0.05, 0) is 149 Å². The molecule has 0 N–H and O–H groups in total. The van der Waals surface area contributed by atoms with Crippen LogP contribution in [-0.2, 0) is 21.7 Å². The molecule has 0 amide bonds. The highest BCUT2D eigenvalue weighted by Crippen LogP contribution is 2.56. The van der Waals surface area contributed by atoms with Gasteiger partial charge >= 0.3 is 0 Å². The lowest BCUT2D eigenvalue weighted by Gasteiger charge is -2.43. The number of fused-ring (bicyclic) bond motifs is 12. The van der Waals surface area contributed by atoms with E-state index < -0.39 is 0 Å². The molecule has 2 aromatic heterocycles. The third-order valence-electron chi connectivity index (χ3n) is 15.7. The fourth-order valence-electron chi connectivity index (χ4n) is 11.7. The van der Waals surface area contributed by atoms with Gasteiger partial charge in [0.1, 0.15) is 0 Å². The first-order chi connectivity index (χ1) is 29.0. The van der Waals surface area contributed by atoms with Gasteiger partial charge in [0, 0.05) is 52.2 Å². The first-order valence-corrected chi connectivity index (χ1v) is 24.2. The fourth-order valence-corrected chi connectivity index (χ4v) is 14.5. The van der Waals surface area contributed by atoms with Gasteiger partial charge in [-0.2, -0.15) is 0 Å². The number of hydrogen-bond donors (Lipinski definition) is 0. The van der Waals surface area contributed by atoms with Crippen LogP contribution in [0.25, 0.3) is 30.9 Å². The lowest BCUT2D eigenvalue weighted by molar-refractivity contribution is 0.332. The van der Waals surface area contributed by atoms with Gasteiger partial charge in [-0.25, -0.2) is 0 Å². The van der Waals surface area contributed by atoms with Crippen LogP contribution < -0.4 is 24.8 Å². The summed E-state index contributed by atoms with van der Waals surface area (Å²) in [5.41, 5.74) is 18.4. The molecular weight excluding hydrogens is 776 g/mol. The SMILES string of the molecule is Cc1ccc(N2c3cc4ccccc4c4c3B(c3sc5cc6c(cc5c32)C(C)(C)CCC6(C)C)c2sc3cc5c(cc3c2N4c2ccc(C)cc2)C(C)(C)CCC5(C)C)cc1. The van der Waals surface area contributed by atoms with Crippen molar-refractivity contribution in [2.75, 3.05) is 9.80 Å². The minimum Gasteiger partial charge on any atom is -0.310 e. The molecule has 0 unspecified atom stereocenters. The zero-order valence-electron chi connectivity index (χ0n) is 37.4. The maximum Gasteiger partial charge on any atom is 0.277 e. The molecule has 304 valence electrons. The molecule has 8 aromatic rings. The third kappa shape index (κ3) is 5.26. The van der Waals surface area contributed by atoms with Crippen molar-refractivity contribution in [3.05, 3.63) is 137 Å². The van der Waals surface area contributed by atoms with Crippen molar-refractivity contribution in [1.82, 2.24) is 0 Å². The third-order valence-corrected chi connectivity index (χ3v) is 18.1. The van der Waals surface area contributed by atoms with Crippen LogP contribution in [0.5, 0.6) is 0 Å². The van der Waals surface area contributed by atoms with Crippen LogP contribution >= 0.6 is 22.7 Å². The zero-order chi connectivity index (χ0) is 42.1. The average Bonchev–Trinajstić information content (AvgIpc) is 3.79. The van der Waals surface area contributed by atoms with Crippen molar-refractivity contribution in [2.45, 2.75) is 117 Å².